The number of carbonyl (C=O) groups is 1. The smallest absolute Gasteiger partial charge is 0.221 e. The Morgan fingerprint density at radius 2 is 1.74 bits per heavy atom. The highest BCUT2D eigenvalue weighted by atomic mass is 32.2. The Morgan fingerprint density at radius 1 is 1.03 bits per heavy atom. The first-order valence-corrected chi connectivity index (χ1v) is 12.4. The molecule has 31 heavy (non-hydrogen) atoms. The maximum atomic E-state index is 13.4. The highest BCUT2D eigenvalue weighted by Crippen LogP contribution is 2.38. The molecule has 166 valence electrons. The zero-order chi connectivity index (χ0) is 22.0. The minimum atomic E-state index is -3.45. The fraction of sp³-hybridized carbons (Fsp3) is 0.478. The lowest BCUT2D eigenvalue weighted by Gasteiger charge is -2.37. The van der Waals surface area contributed by atoms with E-state index in [1.807, 2.05) is 54.3 Å². The molecule has 0 spiro atoms. The van der Waals surface area contributed by atoms with Gasteiger partial charge in [-0.05, 0) is 37.0 Å². The van der Waals surface area contributed by atoms with Crippen molar-refractivity contribution in [2.75, 3.05) is 31.1 Å². The monoisotopic (exact) mass is 442 g/mol. The molecule has 0 aliphatic carbocycles. The van der Waals surface area contributed by atoms with Crippen molar-refractivity contribution in [3.8, 4) is 0 Å². The van der Waals surface area contributed by atoms with Gasteiger partial charge in [0, 0.05) is 51.9 Å². The van der Waals surface area contributed by atoms with E-state index >= 15 is 0 Å². The minimum absolute atomic E-state index is 0.0377. The minimum Gasteiger partial charge on any atom is -0.353 e. The van der Waals surface area contributed by atoms with Gasteiger partial charge in [0.25, 0.3) is 0 Å². The number of aromatic nitrogens is 1. The number of carbonyl (C=O) groups excluding carboxylic acids is 1. The number of anilines is 1. The summed E-state index contributed by atoms with van der Waals surface area (Å²) in [5, 5.41) is -0.491. The molecule has 1 aromatic heterocycles. The van der Waals surface area contributed by atoms with Crippen LogP contribution in [-0.4, -0.2) is 60.7 Å². The van der Waals surface area contributed by atoms with E-state index in [1.54, 1.807) is 17.4 Å². The SMILES string of the molecule is CC(=O)N1CCN(c2ccc(CN3[C@H](C)CCC(c4ccccc4)S3(=O)=O)cn2)CC1. The van der Waals surface area contributed by atoms with E-state index in [9.17, 15) is 13.2 Å². The molecule has 3 heterocycles. The van der Waals surface area contributed by atoms with E-state index < -0.39 is 15.3 Å². The Labute approximate surface area is 184 Å². The Hall–Kier alpha value is -2.45. The maximum Gasteiger partial charge on any atom is 0.221 e. The van der Waals surface area contributed by atoms with Crippen molar-refractivity contribution in [1.82, 2.24) is 14.2 Å². The van der Waals surface area contributed by atoms with Gasteiger partial charge in [0.1, 0.15) is 11.1 Å². The Balaban J connectivity index is 1.46. The molecular formula is C23H30N4O3S. The standard InChI is InChI=1S/C23H30N4O3S/c1-18-8-10-22(21-6-4-3-5-7-21)31(29,30)27(18)17-20-9-11-23(24-16-20)26-14-12-25(13-15-26)19(2)28/h3-7,9,11,16,18,22H,8,10,12-15,17H2,1-2H3/t18-,22?/m1/s1. The average Bonchev–Trinajstić information content (AvgIpc) is 2.77. The maximum absolute atomic E-state index is 13.4. The third-order valence-corrected chi connectivity index (χ3v) is 8.76. The Kier molecular flexibility index (Phi) is 6.29. The summed E-state index contributed by atoms with van der Waals surface area (Å²) in [5.41, 5.74) is 1.74. The number of benzene rings is 1. The van der Waals surface area contributed by atoms with Crippen LogP contribution < -0.4 is 4.90 Å². The van der Waals surface area contributed by atoms with Crippen LogP contribution >= 0.6 is 0 Å². The predicted octanol–water partition coefficient (Wildman–Crippen LogP) is 2.81. The van der Waals surface area contributed by atoms with Crippen LogP contribution in [0.5, 0.6) is 0 Å². The summed E-state index contributed by atoms with van der Waals surface area (Å²) in [6, 6.07) is 13.4. The Bertz CT molecular complexity index is 1000. The molecule has 0 radical (unpaired) electrons. The molecule has 1 amide bonds. The van der Waals surface area contributed by atoms with Gasteiger partial charge in [-0.2, -0.15) is 4.31 Å². The quantitative estimate of drug-likeness (QED) is 0.728. The first kappa shape index (κ1) is 21.8. The molecule has 2 fully saturated rings. The van der Waals surface area contributed by atoms with Crippen LogP contribution in [0.25, 0.3) is 0 Å². The molecule has 2 aliphatic heterocycles. The molecule has 2 aliphatic rings. The molecule has 4 rings (SSSR count). The second-order valence-corrected chi connectivity index (χ2v) is 10.5. The lowest BCUT2D eigenvalue weighted by atomic mass is 10.0. The van der Waals surface area contributed by atoms with Gasteiger partial charge in [-0.25, -0.2) is 13.4 Å². The van der Waals surface area contributed by atoms with Gasteiger partial charge >= 0.3 is 0 Å². The third-order valence-electron chi connectivity index (χ3n) is 6.39. The van der Waals surface area contributed by atoms with E-state index in [-0.39, 0.29) is 11.9 Å². The van der Waals surface area contributed by atoms with Gasteiger partial charge in [0.2, 0.25) is 15.9 Å². The summed E-state index contributed by atoms with van der Waals surface area (Å²) >= 11 is 0. The largest absolute Gasteiger partial charge is 0.353 e. The molecule has 1 aromatic carbocycles. The van der Waals surface area contributed by atoms with Gasteiger partial charge in [-0.3, -0.25) is 4.79 Å². The van der Waals surface area contributed by atoms with Crippen LogP contribution in [0.4, 0.5) is 5.82 Å². The number of sulfonamides is 1. The van der Waals surface area contributed by atoms with Crippen LogP contribution in [0.1, 0.15) is 43.1 Å². The van der Waals surface area contributed by atoms with Crippen LogP contribution in [0.3, 0.4) is 0 Å². The topological polar surface area (TPSA) is 73.8 Å². The number of nitrogens with zero attached hydrogens (tertiary/aromatic N) is 4. The number of hydrogen-bond acceptors (Lipinski definition) is 5. The third kappa shape index (κ3) is 4.60. The summed E-state index contributed by atoms with van der Waals surface area (Å²) in [5.74, 6) is 0.970. The lowest BCUT2D eigenvalue weighted by molar-refractivity contribution is -0.129. The predicted molar refractivity (Wildman–Crippen MR) is 121 cm³/mol. The molecule has 8 heteroatoms. The highest BCUT2D eigenvalue weighted by Gasteiger charge is 2.40. The zero-order valence-electron chi connectivity index (χ0n) is 18.1. The van der Waals surface area contributed by atoms with E-state index in [4.69, 9.17) is 0 Å². The van der Waals surface area contributed by atoms with Crippen molar-refractivity contribution >= 4 is 21.7 Å². The van der Waals surface area contributed by atoms with Gasteiger partial charge in [-0.1, -0.05) is 36.4 Å². The van der Waals surface area contributed by atoms with Crippen molar-refractivity contribution in [3.05, 3.63) is 59.8 Å². The number of hydrogen-bond donors (Lipinski definition) is 0. The number of amides is 1. The molecule has 2 saturated heterocycles. The first-order valence-electron chi connectivity index (χ1n) is 10.9. The first-order chi connectivity index (χ1) is 14.9. The molecule has 0 saturated carbocycles. The number of piperazine rings is 1. The van der Waals surface area contributed by atoms with Crippen LogP contribution in [0.15, 0.2) is 48.7 Å². The van der Waals surface area contributed by atoms with Crippen molar-refractivity contribution in [2.24, 2.45) is 0 Å². The van der Waals surface area contributed by atoms with Crippen molar-refractivity contribution in [1.29, 1.82) is 0 Å². The van der Waals surface area contributed by atoms with Gasteiger partial charge in [-0.15, -0.1) is 0 Å². The molecular weight excluding hydrogens is 412 g/mol. The molecule has 0 bridgehead atoms. The summed E-state index contributed by atoms with van der Waals surface area (Å²) in [6.07, 6.45) is 3.26. The summed E-state index contributed by atoms with van der Waals surface area (Å²) in [6.45, 7) is 6.81. The molecule has 0 N–H and O–H groups in total. The van der Waals surface area contributed by atoms with Crippen molar-refractivity contribution in [2.45, 2.75) is 44.5 Å². The fourth-order valence-corrected chi connectivity index (χ4v) is 6.68. The summed E-state index contributed by atoms with van der Waals surface area (Å²) in [7, 11) is -3.45. The van der Waals surface area contributed by atoms with Crippen molar-refractivity contribution in [3.63, 3.8) is 0 Å². The van der Waals surface area contributed by atoms with Crippen LogP contribution in [-0.2, 0) is 21.4 Å². The van der Waals surface area contributed by atoms with Crippen LogP contribution in [0, 0.1) is 0 Å². The lowest BCUT2D eigenvalue weighted by Crippen LogP contribution is -2.48. The number of rotatable bonds is 4. The average molecular weight is 443 g/mol. The van der Waals surface area contributed by atoms with E-state index in [0.29, 0.717) is 26.1 Å². The summed E-state index contributed by atoms with van der Waals surface area (Å²) in [4.78, 5) is 20.1. The normalized spacial score (nSPS) is 24.2. The fourth-order valence-electron chi connectivity index (χ4n) is 4.48. The summed E-state index contributed by atoms with van der Waals surface area (Å²) < 4.78 is 28.4. The highest BCUT2D eigenvalue weighted by molar-refractivity contribution is 7.89. The second-order valence-electron chi connectivity index (χ2n) is 8.43. The molecule has 7 nitrogen and oxygen atoms in total. The van der Waals surface area contributed by atoms with Gasteiger partial charge in [0.15, 0.2) is 0 Å². The molecule has 1 unspecified atom stereocenters. The van der Waals surface area contributed by atoms with Gasteiger partial charge in [0.05, 0.1) is 0 Å². The van der Waals surface area contributed by atoms with Crippen molar-refractivity contribution < 1.29 is 13.2 Å². The zero-order valence-corrected chi connectivity index (χ0v) is 19.0. The van der Waals surface area contributed by atoms with Crippen LogP contribution in [0.2, 0.25) is 0 Å². The number of pyridine rings is 1. The van der Waals surface area contributed by atoms with E-state index in [2.05, 4.69) is 9.88 Å². The van der Waals surface area contributed by atoms with E-state index in [1.165, 1.54) is 0 Å². The molecule has 2 aromatic rings. The second kappa shape index (κ2) is 8.96. The van der Waals surface area contributed by atoms with Gasteiger partial charge < -0.3 is 9.80 Å². The molecule has 2 atom stereocenters. The Morgan fingerprint density at radius 3 is 2.35 bits per heavy atom. The van der Waals surface area contributed by atoms with E-state index in [0.717, 1.165) is 36.5 Å².